The first kappa shape index (κ1) is 12.7. The molecule has 0 fully saturated rings. The second-order valence-corrected chi connectivity index (χ2v) is 4.05. The Morgan fingerprint density at radius 1 is 1.39 bits per heavy atom. The van der Waals surface area contributed by atoms with Gasteiger partial charge in [-0.25, -0.2) is 4.68 Å². The molecule has 0 bridgehead atoms. The van der Waals surface area contributed by atoms with Crippen LogP contribution in [0.25, 0.3) is 11.4 Å². The predicted octanol–water partition coefficient (Wildman–Crippen LogP) is 0.887. The van der Waals surface area contributed by atoms with E-state index >= 15 is 0 Å². The molecule has 0 aliphatic heterocycles. The van der Waals surface area contributed by atoms with Crippen molar-refractivity contribution < 1.29 is 4.39 Å². The highest BCUT2D eigenvalue weighted by Gasteiger charge is 2.16. The zero-order chi connectivity index (χ0) is 13.0. The number of hydrogen-bond acceptors (Lipinski definition) is 4. The summed E-state index contributed by atoms with van der Waals surface area (Å²) in [6.45, 7) is 0.653. The van der Waals surface area contributed by atoms with Gasteiger partial charge in [0, 0.05) is 26.3 Å². The Hall–Kier alpha value is -1.76. The second-order valence-electron chi connectivity index (χ2n) is 4.05. The van der Waals surface area contributed by atoms with Crippen molar-refractivity contribution in [3.8, 4) is 11.4 Å². The van der Waals surface area contributed by atoms with Gasteiger partial charge in [-0.05, 0) is 18.9 Å². The lowest BCUT2D eigenvalue weighted by atomic mass is 10.2. The molecule has 98 valence electrons. The molecule has 7 heteroatoms. The fraction of sp³-hybridized carbons (Fsp3) is 0.545. The maximum atomic E-state index is 12.1. The van der Waals surface area contributed by atoms with Crippen LogP contribution in [0.3, 0.4) is 0 Å². The molecular formula is C11H17FN6. The van der Waals surface area contributed by atoms with Gasteiger partial charge < -0.3 is 5.73 Å². The third kappa shape index (κ3) is 2.40. The number of unbranched alkanes of at least 4 members (excludes halogenated alkanes) is 1. The van der Waals surface area contributed by atoms with Gasteiger partial charge in [0.25, 0.3) is 0 Å². The summed E-state index contributed by atoms with van der Waals surface area (Å²) >= 11 is 0. The Morgan fingerprint density at radius 3 is 2.83 bits per heavy atom. The summed E-state index contributed by atoms with van der Waals surface area (Å²) in [6.07, 6.45) is 2.98. The number of alkyl halides is 1. The van der Waals surface area contributed by atoms with Gasteiger partial charge >= 0.3 is 0 Å². The molecule has 0 radical (unpaired) electrons. The molecule has 2 rings (SSSR count). The monoisotopic (exact) mass is 252 g/mol. The van der Waals surface area contributed by atoms with Crippen LogP contribution in [0.1, 0.15) is 18.5 Å². The van der Waals surface area contributed by atoms with E-state index < -0.39 is 0 Å². The van der Waals surface area contributed by atoms with Gasteiger partial charge in [-0.1, -0.05) is 5.21 Å². The van der Waals surface area contributed by atoms with E-state index in [1.807, 2.05) is 13.1 Å². The van der Waals surface area contributed by atoms with Crippen molar-refractivity contribution in [1.29, 1.82) is 0 Å². The van der Waals surface area contributed by atoms with Gasteiger partial charge in [-0.3, -0.25) is 9.07 Å². The topological polar surface area (TPSA) is 74.6 Å². The van der Waals surface area contributed by atoms with Gasteiger partial charge in [0.1, 0.15) is 11.4 Å². The molecule has 0 spiro atoms. The van der Waals surface area contributed by atoms with Crippen LogP contribution in [0.4, 0.5) is 4.39 Å². The molecule has 6 nitrogen and oxygen atoms in total. The summed E-state index contributed by atoms with van der Waals surface area (Å²) in [5, 5.41) is 12.3. The molecule has 0 aliphatic carbocycles. The van der Waals surface area contributed by atoms with Gasteiger partial charge in [0.2, 0.25) is 0 Å². The number of nitrogens with two attached hydrogens (primary N) is 1. The molecule has 0 saturated heterocycles. The number of rotatable bonds is 6. The summed E-state index contributed by atoms with van der Waals surface area (Å²) < 4.78 is 15.7. The zero-order valence-electron chi connectivity index (χ0n) is 10.4. The van der Waals surface area contributed by atoms with Crippen LogP contribution >= 0.6 is 0 Å². The van der Waals surface area contributed by atoms with Gasteiger partial charge in [-0.15, -0.1) is 5.10 Å². The molecule has 0 unspecified atom stereocenters. The highest BCUT2D eigenvalue weighted by molar-refractivity contribution is 5.57. The van der Waals surface area contributed by atoms with Crippen molar-refractivity contribution in [2.45, 2.75) is 25.9 Å². The molecule has 0 amide bonds. The molecule has 0 atom stereocenters. The summed E-state index contributed by atoms with van der Waals surface area (Å²) in [6, 6.07) is 1.89. The molecule has 0 aromatic carbocycles. The number of halogens is 1. The summed E-state index contributed by atoms with van der Waals surface area (Å²) in [4.78, 5) is 0. The summed E-state index contributed by atoms with van der Waals surface area (Å²) in [7, 11) is 1.86. The first-order valence-electron chi connectivity index (χ1n) is 5.94. The number of aryl methyl sites for hydroxylation is 2. The number of nitrogens with zero attached hydrogens (tertiary/aromatic N) is 5. The molecule has 2 N–H and O–H groups in total. The van der Waals surface area contributed by atoms with Gasteiger partial charge in [0.05, 0.1) is 12.4 Å². The maximum absolute atomic E-state index is 12.1. The van der Waals surface area contributed by atoms with E-state index in [4.69, 9.17) is 5.73 Å². The lowest BCUT2D eigenvalue weighted by Gasteiger charge is -2.07. The average molecular weight is 252 g/mol. The quantitative estimate of drug-likeness (QED) is 0.775. The van der Waals surface area contributed by atoms with Crippen molar-refractivity contribution in [1.82, 2.24) is 24.8 Å². The van der Waals surface area contributed by atoms with Crippen molar-refractivity contribution >= 4 is 0 Å². The highest BCUT2D eigenvalue weighted by Crippen LogP contribution is 2.21. The zero-order valence-corrected chi connectivity index (χ0v) is 10.4. The lowest BCUT2D eigenvalue weighted by molar-refractivity contribution is 0.438. The first-order chi connectivity index (χ1) is 8.77. The Labute approximate surface area is 105 Å². The van der Waals surface area contributed by atoms with Crippen LogP contribution in [-0.4, -0.2) is 31.4 Å². The van der Waals surface area contributed by atoms with E-state index in [2.05, 4.69) is 15.4 Å². The fourth-order valence-corrected chi connectivity index (χ4v) is 1.89. The normalized spacial score (nSPS) is 11.1. The van der Waals surface area contributed by atoms with E-state index in [0.717, 1.165) is 23.5 Å². The largest absolute Gasteiger partial charge is 0.325 e. The molecule has 0 saturated carbocycles. The molecular weight excluding hydrogens is 235 g/mol. The van der Waals surface area contributed by atoms with Crippen LogP contribution in [0.5, 0.6) is 0 Å². The van der Waals surface area contributed by atoms with Crippen LogP contribution in [0.15, 0.2) is 12.3 Å². The highest BCUT2D eigenvalue weighted by atomic mass is 19.1. The standard InChI is InChI=1S/C11H17FN6/c1-17-10(4-6-14-17)11-9(8-13)15-16-18(11)7-3-2-5-12/h4,6H,2-3,5,7-8,13H2,1H3. The van der Waals surface area contributed by atoms with Crippen LogP contribution in [0.2, 0.25) is 0 Å². The first-order valence-corrected chi connectivity index (χ1v) is 5.94. The van der Waals surface area contributed by atoms with E-state index in [-0.39, 0.29) is 6.67 Å². The number of aromatic nitrogens is 5. The minimum atomic E-state index is -0.306. The fourth-order valence-electron chi connectivity index (χ4n) is 1.89. The van der Waals surface area contributed by atoms with Crippen molar-refractivity contribution in [2.24, 2.45) is 12.8 Å². The minimum absolute atomic E-state index is 0.306. The smallest absolute Gasteiger partial charge is 0.111 e. The van der Waals surface area contributed by atoms with Crippen molar-refractivity contribution in [3.05, 3.63) is 18.0 Å². The third-order valence-corrected chi connectivity index (χ3v) is 2.82. The second kappa shape index (κ2) is 5.72. The average Bonchev–Trinajstić information content (AvgIpc) is 2.95. The number of hydrogen-bond donors (Lipinski definition) is 1. The van der Waals surface area contributed by atoms with Crippen LogP contribution in [-0.2, 0) is 20.1 Å². The SMILES string of the molecule is Cn1nccc1-c1c(CN)nnn1CCCCF. The third-order valence-electron chi connectivity index (χ3n) is 2.82. The molecule has 2 aromatic heterocycles. The predicted molar refractivity (Wildman–Crippen MR) is 65.3 cm³/mol. The van der Waals surface area contributed by atoms with Crippen LogP contribution < -0.4 is 5.73 Å². The molecule has 0 aliphatic rings. The Bertz CT molecular complexity index is 503. The molecule has 18 heavy (non-hydrogen) atoms. The Balaban J connectivity index is 2.31. The van der Waals surface area contributed by atoms with E-state index in [0.29, 0.717) is 19.5 Å². The van der Waals surface area contributed by atoms with Gasteiger partial charge in [-0.2, -0.15) is 5.10 Å². The Morgan fingerprint density at radius 2 is 2.22 bits per heavy atom. The lowest BCUT2D eigenvalue weighted by Crippen LogP contribution is -2.07. The maximum Gasteiger partial charge on any atom is 0.111 e. The van der Waals surface area contributed by atoms with E-state index in [1.165, 1.54) is 0 Å². The van der Waals surface area contributed by atoms with Crippen molar-refractivity contribution in [2.75, 3.05) is 6.67 Å². The molecule has 2 aromatic rings. The van der Waals surface area contributed by atoms with Crippen molar-refractivity contribution in [3.63, 3.8) is 0 Å². The van der Waals surface area contributed by atoms with Crippen LogP contribution in [0, 0.1) is 0 Å². The molecule has 2 heterocycles. The summed E-state index contributed by atoms with van der Waals surface area (Å²) in [5.74, 6) is 0. The Kier molecular flexibility index (Phi) is 4.03. The minimum Gasteiger partial charge on any atom is -0.325 e. The summed E-state index contributed by atoms with van der Waals surface area (Å²) in [5.41, 5.74) is 8.19. The van der Waals surface area contributed by atoms with Gasteiger partial charge in [0.15, 0.2) is 0 Å². The van der Waals surface area contributed by atoms with E-state index in [9.17, 15) is 4.39 Å². The van der Waals surface area contributed by atoms with E-state index in [1.54, 1.807) is 15.6 Å².